The zero-order chi connectivity index (χ0) is 16.4. The van der Waals surface area contributed by atoms with Gasteiger partial charge in [0.25, 0.3) is 10.0 Å². The molecular weight excluding hydrogens is 316 g/mol. The predicted molar refractivity (Wildman–Crippen MR) is 85.7 cm³/mol. The van der Waals surface area contributed by atoms with E-state index in [9.17, 15) is 13.2 Å². The predicted octanol–water partition coefficient (Wildman–Crippen LogP) is 2.45. The smallest absolute Gasteiger partial charge is 0.318 e. The van der Waals surface area contributed by atoms with Crippen LogP contribution in [0.2, 0.25) is 0 Å². The van der Waals surface area contributed by atoms with Gasteiger partial charge in [-0.05, 0) is 25.1 Å². The maximum absolute atomic E-state index is 12.5. The second kappa shape index (κ2) is 5.85. The lowest BCUT2D eigenvalue weighted by atomic mass is 10.1. The summed E-state index contributed by atoms with van der Waals surface area (Å²) in [5, 5.41) is 3.69. The summed E-state index contributed by atoms with van der Waals surface area (Å²) in [6.45, 7) is 1.88. The van der Waals surface area contributed by atoms with Gasteiger partial charge in [0.2, 0.25) is 0 Å². The van der Waals surface area contributed by atoms with Crippen molar-refractivity contribution < 1.29 is 18.0 Å². The number of sulfonamides is 1. The van der Waals surface area contributed by atoms with Crippen molar-refractivity contribution in [1.82, 2.24) is 0 Å². The fourth-order valence-corrected chi connectivity index (χ4v) is 3.28. The molecule has 0 spiro atoms. The number of benzene rings is 2. The van der Waals surface area contributed by atoms with Gasteiger partial charge in [0.1, 0.15) is 5.71 Å². The molecule has 0 saturated carbocycles. The highest BCUT2D eigenvalue weighted by Gasteiger charge is 2.23. The fraction of sp³-hybridized carbons (Fsp3) is 0.125. The molecule has 6 nitrogen and oxygen atoms in total. The monoisotopic (exact) mass is 330 g/mol. The van der Waals surface area contributed by atoms with Gasteiger partial charge in [0, 0.05) is 5.56 Å². The van der Waals surface area contributed by atoms with Gasteiger partial charge in [-0.1, -0.05) is 41.1 Å². The molecule has 0 unspecified atom stereocenters. The van der Waals surface area contributed by atoms with Crippen LogP contribution in [-0.2, 0) is 19.7 Å². The number of anilines is 1. The van der Waals surface area contributed by atoms with Crippen LogP contribution in [0.5, 0.6) is 0 Å². The molecule has 0 bridgehead atoms. The second-order valence-corrected chi connectivity index (χ2v) is 6.82. The Balaban J connectivity index is 1.94. The molecule has 0 radical (unpaired) electrons. The van der Waals surface area contributed by atoms with Crippen molar-refractivity contribution in [3.8, 4) is 0 Å². The van der Waals surface area contributed by atoms with Gasteiger partial charge >= 0.3 is 5.97 Å². The normalized spacial score (nSPS) is 14.3. The van der Waals surface area contributed by atoms with Crippen LogP contribution in [0.1, 0.15) is 17.5 Å². The van der Waals surface area contributed by atoms with Crippen LogP contribution in [0.4, 0.5) is 5.69 Å². The van der Waals surface area contributed by atoms with E-state index >= 15 is 0 Å². The molecule has 23 heavy (non-hydrogen) atoms. The van der Waals surface area contributed by atoms with Crippen molar-refractivity contribution >= 4 is 27.4 Å². The average Bonchev–Trinajstić information content (AvgIpc) is 2.94. The third-order valence-corrected chi connectivity index (χ3v) is 4.76. The standard InChI is InChI=1S/C16H14N2O4S/c1-11-6-8-12(9-7-11)23(20,21)18-14-5-3-2-4-13(14)15-10-16(19)22-17-15/h2-9,18H,10H2,1H3. The number of para-hydroxylation sites is 1. The Labute approximate surface area is 133 Å². The number of nitrogens with zero attached hydrogens (tertiary/aromatic N) is 1. The molecular formula is C16H14N2O4S. The summed E-state index contributed by atoms with van der Waals surface area (Å²) in [7, 11) is -3.73. The molecule has 0 saturated heterocycles. The van der Waals surface area contributed by atoms with E-state index in [0.29, 0.717) is 17.0 Å². The van der Waals surface area contributed by atoms with Gasteiger partial charge in [-0.25, -0.2) is 13.2 Å². The van der Waals surface area contributed by atoms with Gasteiger partial charge < -0.3 is 4.84 Å². The Morgan fingerprint density at radius 3 is 2.43 bits per heavy atom. The summed E-state index contributed by atoms with van der Waals surface area (Å²) in [5.41, 5.74) is 2.25. The number of aryl methyl sites for hydroxylation is 1. The van der Waals surface area contributed by atoms with Crippen LogP contribution < -0.4 is 4.72 Å². The van der Waals surface area contributed by atoms with Gasteiger partial charge in [-0.15, -0.1) is 0 Å². The first kappa shape index (κ1) is 15.2. The Hall–Kier alpha value is -2.67. The van der Waals surface area contributed by atoms with E-state index in [1.54, 1.807) is 48.5 Å². The molecule has 0 fully saturated rings. The van der Waals surface area contributed by atoms with E-state index < -0.39 is 16.0 Å². The molecule has 7 heteroatoms. The highest BCUT2D eigenvalue weighted by atomic mass is 32.2. The van der Waals surface area contributed by atoms with E-state index in [0.717, 1.165) is 5.56 Å². The van der Waals surface area contributed by atoms with E-state index in [-0.39, 0.29) is 11.3 Å². The van der Waals surface area contributed by atoms with Crippen LogP contribution in [0.25, 0.3) is 0 Å². The van der Waals surface area contributed by atoms with Crippen LogP contribution in [0.15, 0.2) is 58.6 Å². The Morgan fingerprint density at radius 1 is 1.09 bits per heavy atom. The molecule has 0 aromatic heterocycles. The summed E-state index contributed by atoms with van der Waals surface area (Å²) < 4.78 is 27.5. The molecule has 1 aliphatic rings. The van der Waals surface area contributed by atoms with Gasteiger partial charge in [-0.3, -0.25) is 4.72 Å². The van der Waals surface area contributed by atoms with Crippen LogP contribution >= 0.6 is 0 Å². The van der Waals surface area contributed by atoms with E-state index in [4.69, 9.17) is 0 Å². The van der Waals surface area contributed by atoms with Gasteiger partial charge in [0.15, 0.2) is 0 Å². The number of nitrogens with one attached hydrogen (secondary N) is 1. The lowest BCUT2D eigenvalue weighted by Gasteiger charge is -2.12. The zero-order valence-electron chi connectivity index (χ0n) is 12.3. The Kier molecular flexibility index (Phi) is 3.87. The topological polar surface area (TPSA) is 84.8 Å². The maximum atomic E-state index is 12.5. The third-order valence-electron chi connectivity index (χ3n) is 3.38. The summed E-state index contributed by atoms with van der Waals surface area (Å²) >= 11 is 0. The Morgan fingerprint density at radius 2 is 1.78 bits per heavy atom. The molecule has 1 heterocycles. The van der Waals surface area contributed by atoms with Crippen LogP contribution in [0.3, 0.4) is 0 Å². The quantitative estimate of drug-likeness (QED) is 0.873. The molecule has 0 atom stereocenters. The summed E-state index contributed by atoms with van der Waals surface area (Å²) in [5.74, 6) is -0.462. The molecule has 0 amide bonds. The van der Waals surface area contributed by atoms with Crippen molar-refractivity contribution in [2.75, 3.05) is 4.72 Å². The van der Waals surface area contributed by atoms with Gasteiger partial charge in [-0.2, -0.15) is 0 Å². The van der Waals surface area contributed by atoms with Crippen molar-refractivity contribution in [3.05, 3.63) is 59.7 Å². The molecule has 1 aliphatic heterocycles. The number of carbonyl (C=O) groups is 1. The fourth-order valence-electron chi connectivity index (χ4n) is 2.20. The van der Waals surface area contributed by atoms with E-state index in [2.05, 4.69) is 14.7 Å². The SMILES string of the molecule is Cc1ccc(S(=O)(=O)Nc2ccccc2C2=NOC(=O)C2)cc1. The number of hydrogen-bond acceptors (Lipinski definition) is 5. The molecule has 0 aliphatic carbocycles. The summed E-state index contributed by atoms with van der Waals surface area (Å²) in [6, 6.07) is 13.3. The van der Waals surface area contributed by atoms with Crippen LogP contribution in [-0.4, -0.2) is 20.1 Å². The Bertz CT molecular complexity index is 887. The van der Waals surface area contributed by atoms with Crippen molar-refractivity contribution in [2.45, 2.75) is 18.2 Å². The largest absolute Gasteiger partial charge is 0.341 e. The number of carbonyl (C=O) groups excluding carboxylic acids is 1. The van der Waals surface area contributed by atoms with Crippen molar-refractivity contribution in [1.29, 1.82) is 0 Å². The number of oxime groups is 1. The second-order valence-electron chi connectivity index (χ2n) is 5.14. The maximum Gasteiger partial charge on any atom is 0.341 e. The third kappa shape index (κ3) is 3.24. The molecule has 2 aromatic rings. The van der Waals surface area contributed by atoms with E-state index in [1.807, 2.05) is 6.92 Å². The molecule has 3 rings (SSSR count). The molecule has 118 valence electrons. The minimum atomic E-state index is -3.73. The number of hydrogen-bond donors (Lipinski definition) is 1. The molecule has 2 aromatic carbocycles. The van der Waals surface area contributed by atoms with Crippen molar-refractivity contribution in [3.63, 3.8) is 0 Å². The highest BCUT2D eigenvalue weighted by molar-refractivity contribution is 7.92. The van der Waals surface area contributed by atoms with E-state index in [1.165, 1.54) is 0 Å². The summed E-state index contributed by atoms with van der Waals surface area (Å²) in [6.07, 6.45) is 0.0171. The number of rotatable bonds is 4. The first-order chi connectivity index (χ1) is 11.0. The minimum absolute atomic E-state index is 0.0171. The summed E-state index contributed by atoms with van der Waals surface area (Å²) in [4.78, 5) is 15.9. The average molecular weight is 330 g/mol. The lowest BCUT2D eigenvalue weighted by molar-refractivity contribution is -0.140. The zero-order valence-corrected chi connectivity index (χ0v) is 13.1. The highest BCUT2D eigenvalue weighted by Crippen LogP contribution is 2.24. The van der Waals surface area contributed by atoms with Crippen molar-refractivity contribution in [2.24, 2.45) is 5.16 Å². The van der Waals surface area contributed by atoms with Gasteiger partial charge in [0.05, 0.1) is 17.0 Å². The first-order valence-corrected chi connectivity index (χ1v) is 8.39. The first-order valence-electron chi connectivity index (χ1n) is 6.91. The lowest BCUT2D eigenvalue weighted by Crippen LogP contribution is -2.15. The van der Waals surface area contributed by atoms with Crippen LogP contribution in [0, 0.1) is 6.92 Å². The minimum Gasteiger partial charge on any atom is -0.318 e. The molecule has 1 N–H and O–H groups in total.